The number of piperidine rings is 1. The number of Topliss-reactive ketones (excluding diaryl/α,β-unsaturated/α-hetero) is 1. The molecule has 0 radical (unpaired) electrons. The van der Waals surface area contributed by atoms with Crippen molar-refractivity contribution < 1.29 is 249 Å². The number of nitrogens with one attached hydrogen (secondary N) is 4. The van der Waals surface area contributed by atoms with Crippen LogP contribution in [-0.4, -0.2) is 211 Å². The smallest absolute Gasteiger partial charge is 1.00 e. The van der Waals surface area contributed by atoms with Crippen LogP contribution in [-0.2, 0) is 81.0 Å². The van der Waals surface area contributed by atoms with Gasteiger partial charge in [0.2, 0.25) is 5.91 Å². The molecule has 0 bridgehead atoms. The van der Waals surface area contributed by atoms with Crippen LogP contribution in [0.4, 0.5) is 53.9 Å². The Kier molecular flexibility index (Phi) is 63.1. The van der Waals surface area contributed by atoms with Crippen LogP contribution < -0.4 is 140 Å². The van der Waals surface area contributed by atoms with Gasteiger partial charge in [-0.15, -0.1) is 19.3 Å². The number of halogens is 10. The maximum atomic E-state index is 14.9. The summed E-state index contributed by atoms with van der Waals surface area (Å²) in [5.41, 5.74) is 0.779. The molecule has 1 saturated heterocycles. The molecule has 3 aromatic rings. The van der Waals surface area contributed by atoms with Gasteiger partial charge in [0, 0.05) is 60.2 Å². The Morgan fingerprint density at radius 2 is 0.949 bits per heavy atom. The van der Waals surface area contributed by atoms with Crippen LogP contribution in [0.2, 0.25) is 0 Å². The number of benzene rings is 3. The number of likely N-dealkylation sites (tertiary alicyclic amines) is 1. The predicted molar refractivity (Wildman–Crippen MR) is 401 cm³/mol. The number of carbonyl (C=O) groups excluding carboxylic acids is 8. The van der Waals surface area contributed by atoms with Gasteiger partial charge in [0.15, 0.2) is 34.9 Å². The number of ether oxygens (including phenoxy) is 11. The van der Waals surface area contributed by atoms with Crippen molar-refractivity contribution in [3.8, 4) is 37.0 Å². The Morgan fingerprint density at radius 3 is 1.36 bits per heavy atom. The maximum Gasteiger partial charge on any atom is 1.00 e. The number of esters is 2. The number of alkyl carbamates (subject to hydrolysis) is 3. The van der Waals surface area contributed by atoms with Crippen molar-refractivity contribution in [1.29, 1.82) is 0 Å². The fourth-order valence-corrected chi connectivity index (χ4v) is 10.3. The van der Waals surface area contributed by atoms with E-state index in [0.717, 1.165) is 19.1 Å². The standard InChI is InChI=1S/C27H39F3N2O6.C24H31F3N2O5.C20H26F3NO5.C7H13NO2.CH2O3.FH.2K.H/c1-8-12-35-14-15-36-13-11-31-18(4)19(23-20(28)9-10-21(29)24(23)30)16-22(25(33)37-17(2)3)32-26(34)38-27(5,6)7;1-6-10-32-12-13-33-11-9-29-15(2)16(20-17(25)7-8-18(26)21(20)27)14-19(22(29)30)28-23(31)34-24(3,4)5;1-10(2)28-18(26)15(24-19(27)29-20(4,5)6)9-12(11(3)25)16-13(21)7-8-14(22)17(16)23;1-2-4-9-6-7-10-5-3-8;2-1-4-3;;;;/h1,9-10,17-19,22,31H,11-16H2,2-7H3,(H,32,34);1,7-8,15-16,19H,9-14H2,2-5H3,(H,28,31);7-8,10,12,15H,9H2,1-6H3,(H,24,27);1H,3-8H2;1,3H;1H;;;/q;;;;;;2*+1;-1/p-2. The summed E-state index contributed by atoms with van der Waals surface area (Å²) in [5, 5.41) is 18.7. The Balaban J connectivity index is -0.000000498. The van der Waals surface area contributed by atoms with E-state index in [1.807, 2.05) is 0 Å². The number of hydrogen-bond donors (Lipinski definition) is 5. The van der Waals surface area contributed by atoms with Crippen LogP contribution in [0, 0.1) is 89.4 Å². The van der Waals surface area contributed by atoms with E-state index in [9.17, 15) is 73.1 Å². The molecule has 0 aromatic heterocycles. The van der Waals surface area contributed by atoms with Gasteiger partial charge in [-0.3, -0.25) is 14.4 Å². The molecule has 4 amide bonds. The van der Waals surface area contributed by atoms with Crippen molar-refractivity contribution in [3.63, 3.8) is 0 Å². The summed E-state index contributed by atoms with van der Waals surface area (Å²) in [5.74, 6) is -10.5. The molecule has 39 heteroatoms. The fraction of sp³-hybridized carbons (Fsp3) is 0.595. The number of nitrogens with zero attached hydrogens (tertiary/aromatic N) is 1. The quantitative estimate of drug-likeness (QED) is 0.00501. The fourth-order valence-electron chi connectivity index (χ4n) is 10.3. The summed E-state index contributed by atoms with van der Waals surface area (Å²) in [6.07, 6.45) is 10.3. The monoisotopic (exact) mass is 1750 g/mol. The number of nitrogens with two attached hydrogens (primary N) is 1. The third kappa shape index (κ3) is 49.1. The third-order valence-corrected chi connectivity index (χ3v) is 15.0. The van der Waals surface area contributed by atoms with Crippen LogP contribution in [0.5, 0.6) is 0 Å². The maximum absolute atomic E-state index is 14.9. The van der Waals surface area contributed by atoms with Crippen molar-refractivity contribution in [2.24, 2.45) is 5.73 Å². The molecule has 1 fully saturated rings. The Hall–Kier alpha value is -6.09. The van der Waals surface area contributed by atoms with Crippen molar-refractivity contribution in [2.45, 2.75) is 207 Å². The minimum absolute atomic E-state index is 0. The van der Waals surface area contributed by atoms with E-state index in [4.69, 9.17) is 87.2 Å². The van der Waals surface area contributed by atoms with Gasteiger partial charge in [0.25, 0.3) is 6.47 Å². The summed E-state index contributed by atoms with van der Waals surface area (Å²) in [6, 6.07) is -0.977. The van der Waals surface area contributed by atoms with E-state index in [1.54, 1.807) is 104 Å². The average Bonchev–Trinajstić information content (AvgIpc) is 0.776. The molecule has 0 aliphatic carbocycles. The number of hydrogen-bond acceptors (Lipinski definition) is 23. The van der Waals surface area contributed by atoms with Crippen molar-refractivity contribution in [2.75, 3.05) is 98.9 Å². The number of ketones is 1. The van der Waals surface area contributed by atoms with E-state index in [1.165, 1.54) is 4.90 Å². The first-order valence-electron chi connectivity index (χ1n) is 36.3. The molecule has 27 nitrogen and oxygen atoms in total. The zero-order valence-electron chi connectivity index (χ0n) is 71.2. The second-order valence-corrected chi connectivity index (χ2v) is 28.5. The summed E-state index contributed by atoms with van der Waals surface area (Å²) < 4.78 is 186. The summed E-state index contributed by atoms with van der Waals surface area (Å²) in [6.45, 7) is 29.9. The molecule has 6 N–H and O–H groups in total. The van der Waals surface area contributed by atoms with Crippen molar-refractivity contribution in [1.82, 2.24) is 26.2 Å². The largest absolute Gasteiger partial charge is 1.00 e. The van der Waals surface area contributed by atoms with Gasteiger partial charge in [-0.25, -0.2) is 63.5 Å². The zero-order chi connectivity index (χ0) is 87.9. The summed E-state index contributed by atoms with van der Waals surface area (Å²) in [7, 11) is 0. The molecule has 8 unspecified atom stereocenters. The Labute approximate surface area is 770 Å². The van der Waals surface area contributed by atoms with Gasteiger partial charge >= 0.3 is 133 Å². The summed E-state index contributed by atoms with van der Waals surface area (Å²) in [4.78, 5) is 100. The number of rotatable bonds is 38. The second kappa shape index (κ2) is 62.9. The number of terminal acetylenes is 3. The second-order valence-electron chi connectivity index (χ2n) is 28.5. The minimum atomic E-state index is -1.54. The van der Waals surface area contributed by atoms with Crippen LogP contribution in [0.3, 0.4) is 0 Å². The first kappa shape index (κ1) is 118. The van der Waals surface area contributed by atoms with Gasteiger partial charge in [-0.1, -0.05) is 17.8 Å². The van der Waals surface area contributed by atoms with Gasteiger partial charge in [0.05, 0.1) is 77.6 Å². The molecule has 656 valence electrons. The van der Waals surface area contributed by atoms with Gasteiger partial charge < -0.3 is 100 Å². The average molecular weight is 1750 g/mol. The van der Waals surface area contributed by atoms with Crippen LogP contribution >= 0.6 is 0 Å². The van der Waals surface area contributed by atoms with E-state index in [2.05, 4.69) is 43.9 Å². The third-order valence-electron chi connectivity index (χ3n) is 15.0. The SMILES string of the molecule is C#CCOCCOCCN.C#CCOCCOCCN1C(=O)C(NC(=O)OC(C)(C)C)CC(c2c(F)ccc(F)c2F)C1C.C#CCOCCOCCNC(C)C(CC(NC(=O)OC(C)(C)C)C(=O)OC(C)C)c1c(F)ccc(F)c1F.CC(=O)C(CC(NC(=O)OC(C)(C)C)C(=O)OC(C)C)c1c(F)ccc(F)c1F.O=CO[O-].[F-].[H-].[K+].[K+]. The van der Waals surface area contributed by atoms with Crippen LogP contribution in [0.25, 0.3) is 0 Å². The van der Waals surface area contributed by atoms with Gasteiger partial charge in [-0.05, 0) is 166 Å². The van der Waals surface area contributed by atoms with Crippen LogP contribution in [0.15, 0.2) is 36.4 Å². The molecular formula is C79H111F10K2N6O21-. The Bertz CT molecular complexity index is 3660. The van der Waals surface area contributed by atoms with E-state index in [-0.39, 0.29) is 188 Å². The number of carbonyl (C=O) groups is 8. The summed E-state index contributed by atoms with van der Waals surface area (Å²) >= 11 is 0. The molecular weight excluding hydrogens is 1640 g/mol. The van der Waals surface area contributed by atoms with Gasteiger partial charge in [0.1, 0.15) is 78.0 Å². The first-order chi connectivity index (χ1) is 53.8. The van der Waals surface area contributed by atoms with Crippen molar-refractivity contribution >= 4 is 48.4 Å². The molecule has 118 heavy (non-hydrogen) atoms. The molecule has 4 rings (SSSR count). The zero-order valence-corrected chi connectivity index (χ0v) is 76.4. The van der Waals surface area contributed by atoms with Crippen molar-refractivity contribution in [3.05, 3.63) is 105 Å². The normalized spacial score (nSPS) is 14.7. The molecule has 3 aromatic carbocycles. The Morgan fingerprint density at radius 1 is 0.576 bits per heavy atom. The van der Waals surface area contributed by atoms with E-state index < -0.39 is 194 Å². The van der Waals surface area contributed by atoms with Gasteiger partial charge in [-0.2, -0.15) is 0 Å². The topological polar surface area (TPSA) is 348 Å². The molecule has 1 heterocycles. The molecule has 8 atom stereocenters. The molecule has 0 saturated carbocycles. The minimum Gasteiger partial charge on any atom is -1.00 e. The first-order valence-corrected chi connectivity index (χ1v) is 36.3. The predicted octanol–water partition coefficient (Wildman–Crippen LogP) is 0.617. The molecule has 0 spiro atoms. The molecule has 1 aliphatic heterocycles. The molecule has 1 aliphatic rings. The van der Waals surface area contributed by atoms with E-state index >= 15 is 0 Å². The number of amides is 4. The van der Waals surface area contributed by atoms with Crippen LogP contribution in [0.1, 0.15) is 166 Å². The van der Waals surface area contributed by atoms with E-state index in [0.29, 0.717) is 63.8 Å².